The van der Waals surface area contributed by atoms with Crippen LogP contribution in [0.4, 0.5) is 0 Å². The number of hydrogen-bond acceptors (Lipinski definition) is 5. The maximum Gasteiger partial charge on any atom is 0.302 e. The lowest BCUT2D eigenvalue weighted by Crippen LogP contribution is -2.40. The molecule has 2 rings (SSSR count). The van der Waals surface area contributed by atoms with Gasteiger partial charge in [-0.15, -0.1) is 0 Å². The molecule has 6 heteroatoms. The summed E-state index contributed by atoms with van der Waals surface area (Å²) >= 11 is 0. The summed E-state index contributed by atoms with van der Waals surface area (Å²) in [5.74, 6) is -0.268. The molecular weight excluding hydrogens is 372 g/mol. The maximum absolute atomic E-state index is 11.0. The highest BCUT2D eigenvalue weighted by molar-refractivity contribution is 6.73. The smallest absolute Gasteiger partial charge is 0.302 e. The first kappa shape index (κ1) is 23.1. The van der Waals surface area contributed by atoms with E-state index in [4.69, 9.17) is 18.9 Å². The zero-order chi connectivity index (χ0) is 20.8. The first-order chi connectivity index (χ1) is 13.3. The molecule has 28 heavy (non-hydrogen) atoms. The lowest BCUT2D eigenvalue weighted by Gasteiger charge is -2.35. The Hall–Kier alpha value is -1.21. The maximum atomic E-state index is 11.0. The van der Waals surface area contributed by atoms with Gasteiger partial charge < -0.3 is 9.47 Å². The van der Waals surface area contributed by atoms with Crippen LogP contribution >= 0.6 is 0 Å². The van der Waals surface area contributed by atoms with Gasteiger partial charge >= 0.3 is 5.97 Å². The monoisotopic (exact) mass is 408 g/mol. The SMILES string of the molecule is CC[Si](CC)(CC)OOC(C)(CCC1OC1COC(C)=O)c1ccc(C)cc1. The van der Waals surface area contributed by atoms with Crippen molar-refractivity contribution in [1.82, 2.24) is 0 Å². The third-order valence-electron chi connectivity index (χ3n) is 6.04. The van der Waals surface area contributed by atoms with E-state index in [1.165, 1.54) is 12.5 Å². The largest absolute Gasteiger partial charge is 0.463 e. The van der Waals surface area contributed by atoms with Crippen LogP contribution < -0.4 is 0 Å². The van der Waals surface area contributed by atoms with Gasteiger partial charge in [-0.05, 0) is 50.4 Å². The Morgan fingerprint density at radius 2 is 1.71 bits per heavy atom. The normalized spacial score (nSPS) is 21.2. The number of epoxide rings is 1. The van der Waals surface area contributed by atoms with E-state index in [-0.39, 0.29) is 18.2 Å². The molecule has 1 aromatic rings. The molecule has 0 aliphatic carbocycles. The second kappa shape index (κ2) is 10.0. The number of ether oxygens (including phenoxy) is 2. The van der Waals surface area contributed by atoms with Crippen molar-refractivity contribution in [3.63, 3.8) is 0 Å². The standard InChI is InChI=1S/C22H36O5Si/c1-7-28(8-2,9-3)27-26-22(6,19-12-10-17(4)11-13-19)15-14-20-21(25-20)16-24-18(5)23/h10-13,20-21H,7-9,14-16H2,1-6H3. The molecule has 0 amide bonds. The fraction of sp³-hybridized carbons (Fsp3) is 0.682. The van der Waals surface area contributed by atoms with Crippen molar-refractivity contribution < 1.29 is 23.7 Å². The van der Waals surface area contributed by atoms with Crippen molar-refractivity contribution in [3.8, 4) is 0 Å². The van der Waals surface area contributed by atoms with Crippen molar-refractivity contribution in [2.45, 2.75) is 90.3 Å². The van der Waals surface area contributed by atoms with Crippen LogP contribution in [-0.4, -0.2) is 33.1 Å². The fourth-order valence-electron chi connectivity index (χ4n) is 3.44. The number of benzene rings is 1. The number of aryl methyl sites for hydroxylation is 1. The quantitative estimate of drug-likeness (QED) is 0.155. The van der Waals surface area contributed by atoms with E-state index in [0.29, 0.717) is 6.61 Å². The molecule has 1 aliphatic heterocycles. The average Bonchev–Trinajstić information content (AvgIpc) is 3.45. The van der Waals surface area contributed by atoms with E-state index in [1.807, 2.05) is 0 Å². The van der Waals surface area contributed by atoms with E-state index in [2.05, 4.69) is 58.9 Å². The fourth-order valence-corrected chi connectivity index (χ4v) is 5.66. The van der Waals surface area contributed by atoms with Crippen LogP contribution in [0, 0.1) is 6.92 Å². The average molecular weight is 409 g/mol. The highest BCUT2D eigenvalue weighted by Gasteiger charge is 2.43. The molecule has 1 fully saturated rings. The topological polar surface area (TPSA) is 57.3 Å². The minimum Gasteiger partial charge on any atom is -0.463 e. The highest BCUT2D eigenvalue weighted by atomic mass is 28.4. The van der Waals surface area contributed by atoms with Gasteiger partial charge in [0.2, 0.25) is 8.32 Å². The Morgan fingerprint density at radius 3 is 2.25 bits per heavy atom. The van der Waals surface area contributed by atoms with Crippen LogP contribution in [0.1, 0.15) is 58.6 Å². The van der Waals surface area contributed by atoms with E-state index >= 15 is 0 Å². The Kier molecular flexibility index (Phi) is 8.25. The molecule has 0 saturated carbocycles. The number of esters is 1. The first-order valence-electron chi connectivity index (χ1n) is 10.5. The van der Waals surface area contributed by atoms with E-state index in [0.717, 1.165) is 36.5 Å². The van der Waals surface area contributed by atoms with Gasteiger partial charge in [-0.2, -0.15) is 0 Å². The van der Waals surface area contributed by atoms with Crippen LogP contribution in [0.2, 0.25) is 18.1 Å². The van der Waals surface area contributed by atoms with Crippen LogP contribution in [0.3, 0.4) is 0 Å². The zero-order valence-corrected chi connectivity index (χ0v) is 19.2. The predicted molar refractivity (Wildman–Crippen MR) is 112 cm³/mol. The summed E-state index contributed by atoms with van der Waals surface area (Å²) in [7, 11) is -1.86. The summed E-state index contributed by atoms with van der Waals surface area (Å²) in [6.07, 6.45) is 1.72. The second-order valence-corrected chi connectivity index (χ2v) is 12.7. The van der Waals surface area contributed by atoms with E-state index < -0.39 is 13.9 Å². The molecule has 0 spiro atoms. The summed E-state index contributed by atoms with van der Waals surface area (Å²) in [6, 6.07) is 11.6. The number of rotatable bonds is 12. The molecule has 0 bridgehead atoms. The molecular formula is C22H36O5Si. The minimum atomic E-state index is -1.86. The molecule has 1 aromatic carbocycles. The van der Waals surface area contributed by atoms with Crippen LogP contribution in [-0.2, 0) is 29.3 Å². The summed E-state index contributed by atoms with van der Waals surface area (Å²) < 4.78 is 16.9. The van der Waals surface area contributed by atoms with Crippen molar-refractivity contribution in [1.29, 1.82) is 0 Å². The molecule has 158 valence electrons. The summed E-state index contributed by atoms with van der Waals surface area (Å²) in [5, 5.41) is 0. The van der Waals surface area contributed by atoms with Crippen molar-refractivity contribution in [2.24, 2.45) is 0 Å². The molecule has 5 nitrogen and oxygen atoms in total. The van der Waals surface area contributed by atoms with Gasteiger partial charge in [-0.1, -0.05) is 50.6 Å². The van der Waals surface area contributed by atoms with Gasteiger partial charge in [0.1, 0.15) is 18.3 Å². The molecule has 0 N–H and O–H groups in total. The van der Waals surface area contributed by atoms with Gasteiger partial charge in [0.05, 0.1) is 6.10 Å². The number of carbonyl (C=O) groups is 1. The lowest BCUT2D eigenvalue weighted by atomic mass is 9.89. The number of carbonyl (C=O) groups excluding carboxylic acids is 1. The van der Waals surface area contributed by atoms with Gasteiger partial charge in [0, 0.05) is 6.92 Å². The Morgan fingerprint density at radius 1 is 1.11 bits per heavy atom. The summed E-state index contributed by atoms with van der Waals surface area (Å²) in [4.78, 5) is 17.2. The minimum absolute atomic E-state index is 0.00229. The lowest BCUT2D eigenvalue weighted by molar-refractivity contribution is -0.306. The molecule has 1 heterocycles. The predicted octanol–water partition coefficient (Wildman–Crippen LogP) is 5.27. The summed E-state index contributed by atoms with van der Waals surface area (Å²) in [6.45, 7) is 12.5. The van der Waals surface area contributed by atoms with Crippen molar-refractivity contribution in [3.05, 3.63) is 35.4 Å². The summed E-state index contributed by atoms with van der Waals surface area (Å²) in [5.41, 5.74) is 1.79. The van der Waals surface area contributed by atoms with Crippen LogP contribution in [0.5, 0.6) is 0 Å². The molecule has 0 radical (unpaired) electrons. The first-order valence-corrected chi connectivity index (χ1v) is 13.0. The molecule has 3 unspecified atom stereocenters. The van der Waals surface area contributed by atoms with E-state index in [9.17, 15) is 4.79 Å². The third kappa shape index (κ3) is 6.14. The third-order valence-corrected chi connectivity index (χ3v) is 10.3. The van der Waals surface area contributed by atoms with Crippen LogP contribution in [0.15, 0.2) is 24.3 Å². The Labute approximate surface area is 170 Å². The zero-order valence-electron chi connectivity index (χ0n) is 18.2. The second-order valence-electron chi connectivity index (χ2n) is 8.06. The number of hydrogen-bond donors (Lipinski definition) is 0. The molecule has 0 aromatic heterocycles. The Balaban J connectivity index is 2.05. The van der Waals surface area contributed by atoms with Gasteiger partial charge in [0.25, 0.3) is 0 Å². The van der Waals surface area contributed by atoms with Crippen molar-refractivity contribution in [2.75, 3.05) is 6.61 Å². The molecule has 1 saturated heterocycles. The van der Waals surface area contributed by atoms with E-state index in [1.54, 1.807) is 0 Å². The van der Waals surface area contributed by atoms with Gasteiger partial charge in [-0.25, -0.2) is 4.89 Å². The highest BCUT2D eigenvalue weighted by Crippen LogP contribution is 2.38. The molecule has 1 aliphatic rings. The van der Waals surface area contributed by atoms with Crippen molar-refractivity contribution >= 4 is 14.3 Å². The Bertz CT molecular complexity index is 620. The van der Waals surface area contributed by atoms with Crippen LogP contribution in [0.25, 0.3) is 0 Å². The van der Waals surface area contributed by atoms with Gasteiger partial charge in [0.15, 0.2) is 0 Å². The molecule has 3 atom stereocenters. The van der Waals surface area contributed by atoms with Gasteiger partial charge in [-0.3, -0.25) is 9.37 Å².